The van der Waals surface area contributed by atoms with E-state index < -0.39 is 0 Å². The fourth-order valence-electron chi connectivity index (χ4n) is 1.33. The van der Waals surface area contributed by atoms with Crippen molar-refractivity contribution < 1.29 is 4.74 Å². The first-order valence-electron chi connectivity index (χ1n) is 5.93. The zero-order chi connectivity index (χ0) is 12.5. The molecule has 0 bridgehead atoms. The summed E-state index contributed by atoms with van der Waals surface area (Å²) in [6.07, 6.45) is 0.893. The Morgan fingerprint density at radius 2 is 2.00 bits per heavy atom. The molecule has 0 fully saturated rings. The molecule has 0 aliphatic heterocycles. The second-order valence-corrected chi connectivity index (χ2v) is 3.81. The van der Waals surface area contributed by atoms with Crippen molar-refractivity contribution in [1.82, 2.24) is 0 Å². The molecule has 0 spiro atoms. The molecule has 0 unspecified atom stereocenters. The quantitative estimate of drug-likeness (QED) is 0.354. The largest absolute Gasteiger partial charge is 0.382 e. The van der Waals surface area contributed by atoms with Crippen molar-refractivity contribution in [3.05, 3.63) is 29.8 Å². The van der Waals surface area contributed by atoms with Crippen LogP contribution in [0.3, 0.4) is 0 Å². The predicted molar refractivity (Wildman–Crippen MR) is 87.8 cm³/mol. The zero-order valence-corrected chi connectivity index (χ0v) is 13.3. The van der Waals surface area contributed by atoms with E-state index in [1.807, 2.05) is 31.2 Å². The molecule has 0 aliphatic rings. The van der Waals surface area contributed by atoms with Gasteiger partial charge in [0.2, 0.25) is 0 Å². The molecule has 0 aromatic heterocycles. The van der Waals surface area contributed by atoms with E-state index in [1.165, 1.54) is 5.56 Å². The normalized spacial score (nSPS) is 10.9. The van der Waals surface area contributed by atoms with Crippen molar-refractivity contribution in [2.24, 2.45) is 10.7 Å². The molecule has 0 atom stereocenters. The Morgan fingerprint density at radius 3 is 2.61 bits per heavy atom. The third kappa shape index (κ3) is 7.50. The maximum atomic E-state index is 5.76. The van der Waals surface area contributed by atoms with Crippen molar-refractivity contribution in [2.75, 3.05) is 25.1 Å². The Hall–Kier alpha value is -0.820. The first-order valence-corrected chi connectivity index (χ1v) is 5.93. The number of benzene rings is 1. The van der Waals surface area contributed by atoms with E-state index in [0.29, 0.717) is 12.5 Å². The molecule has 0 heterocycles. The van der Waals surface area contributed by atoms with Gasteiger partial charge in [-0.25, -0.2) is 0 Å². The minimum Gasteiger partial charge on any atom is -0.382 e. The lowest BCUT2D eigenvalue weighted by molar-refractivity contribution is 0.146. The van der Waals surface area contributed by atoms with Crippen LogP contribution in [0, 0.1) is 6.92 Å². The van der Waals surface area contributed by atoms with Crippen molar-refractivity contribution in [1.29, 1.82) is 0 Å². The van der Waals surface area contributed by atoms with E-state index in [4.69, 9.17) is 10.5 Å². The van der Waals surface area contributed by atoms with E-state index >= 15 is 0 Å². The highest BCUT2D eigenvalue weighted by Crippen LogP contribution is 2.07. The molecule has 5 heteroatoms. The van der Waals surface area contributed by atoms with Crippen LogP contribution in [0.1, 0.15) is 18.9 Å². The Kier molecular flexibility index (Phi) is 9.67. The number of hydrogen-bond acceptors (Lipinski definition) is 2. The smallest absolute Gasteiger partial charge is 0.193 e. The second kappa shape index (κ2) is 10.1. The van der Waals surface area contributed by atoms with Crippen molar-refractivity contribution >= 4 is 35.6 Å². The molecular formula is C13H22IN3O. The van der Waals surface area contributed by atoms with Gasteiger partial charge >= 0.3 is 0 Å². The van der Waals surface area contributed by atoms with Gasteiger partial charge in [-0.2, -0.15) is 0 Å². The third-order valence-corrected chi connectivity index (χ3v) is 2.26. The molecule has 0 radical (unpaired) electrons. The van der Waals surface area contributed by atoms with Gasteiger partial charge in [-0.1, -0.05) is 17.7 Å². The van der Waals surface area contributed by atoms with Crippen LogP contribution in [0.25, 0.3) is 0 Å². The maximum Gasteiger partial charge on any atom is 0.193 e. The molecule has 3 N–H and O–H groups in total. The fraction of sp³-hybridized carbons (Fsp3) is 0.462. The molecular weight excluding hydrogens is 341 g/mol. The number of hydrogen-bond donors (Lipinski definition) is 2. The Labute approximate surface area is 126 Å². The fourth-order valence-corrected chi connectivity index (χ4v) is 1.33. The van der Waals surface area contributed by atoms with E-state index in [-0.39, 0.29) is 24.0 Å². The van der Waals surface area contributed by atoms with Gasteiger partial charge in [0, 0.05) is 25.4 Å². The number of aliphatic imine (C=N–C) groups is 1. The van der Waals surface area contributed by atoms with Crippen LogP contribution in [0.2, 0.25) is 0 Å². The van der Waals surface area contributed by atoms with Gasteiger partial charge in [-0.3, -0.25) is 4.99 Å². The minimum absolute atomic E-state index is 0. The molecule has 1 aromatic carbocycles. The molecule has 0 amide bonds. The predicted octanol–water partition coefficient (Wildman–Crippen LogP) is 2.77. The highest BCUT2D eigenvalue weighted by molar-refractivity contribution is 14.0. The summed E-state index contributed by atoms with van der Waals surface area (Å²) in [4.78, 5) is 4.22. The van der Waals surface area contributed by atoms with Gasteiger partial charge in [-0.05, 0) is 32.4 Å². The van der Waals surface area contributed by atoms with Gasteiger partial charge in [-0.15, -0.1) is 24.0 Å². The molecule has 4 nitrogen and oxygen atoms in total. The molecule has 1 rings (SSSR count). The average molecular weight is 363 g/mol. The summed E-state index contributed by atoms with van der Waals surface area (Å²) in [5.41, 5.74) is 7.94. The number of nitrogens with two attached hydrogens (primary N) is 1. The number of aryl methyl sites for hydroxylation is 1. The summed E-state index contributed by atoms with van der Waals surface area (Å²) in [7, 11) is 0. The van der Waals surface area contributed by atoms with Crippen molar-refractivity contribution in [3.63, 3.8) is 0 Å². The number of rotatable bonds is 6. The minimum atomic E-state index is 0. The van der Waals surface area contributed by atoms with E-state index in [9.17, 15) is 0 Å². The maximum absolute atomic E-state index is 5.76. The van der Waals surface area contributed by atoms with Crippen LogP contribution < -0.4 is 11.1 Å². The van der Waals surface area contributed by atoms with Crippen LogP contribution in [0.4, 0.5) is 5.69 Å². The molecule has 102 valence electrons. The highest BCUT2D eigenvalue weighted by atomic mass is 127. The lowest BCUT2D eigenvalue weighted by Crippen LogP contribution is -2.22. The van der Waals surface area contributed by atoms with Gasteiger partial charge in [0.15, 0.2) is 5.96 Å². The van der Waals surface area contributed by atoms with Crippen LogP contribution in [-0.4, -0.2) is 25.7 Å². The highest BCUT2D eigenvalue weighted by Gasteiger charge is 1.94. The molecule has 0 aliphatic carbocycles. The summed E-state index contributed by atoms with van der Waals surface area (Å²) in [5, 5.41) is 3.05. The van der Waals surface area contributed by atoms with Gasteiger partial charge < -0.3 is 15.8 Å². The van der Waals surface area contributed by atoms with Crippen LogP contribution >= 0.6 is 24.0 Å². The zero-order valence-electron chi connectivity index (χ0n) is 11.0. The van der Waals surface area contributed by atoms with E-state index in [2.05, 4.69) is 17.2 Å². The van der Waals surface area contributed by atoms with Crippen LogP contribution in [-0.2, 0) is 4.74 Å². The third-order valence-electron chi connectivity index (χ3n) is 2.26. The number of nitrogens with one attached hydrogen (secondary N) is 1. The monoisotopic (exact) mass is 363 g/mol. The summed E-state index contributed by atoms with van der Waals surface area (Å²) < 4.78 is 5.22. The van der Waals surface area contributed by atoms with Crippen molar-refractivity contribution in [2.45, 2.75) is 20.3 Å². The number of guanidine groups is 1. The Balaban J connectivity index is 0.00000289. The lowest BCUT2D eigenvalue weighted by atomic mass is 10.2. The van der Waals surface area contributed by atoms with Gasteiger partial charge in [0.1, 0.15) is 0 Å². The van der Waals surface area contributed by atoms with E-state index in [0.717, 1.165) is 25.3 Å². The number of ether oxygens (including phenoxy) is 1. The lowest BCUT2D eigenvalue weighted by Gasteiger charge is -2.05. The molecule has 0 saturated heterocycles. The van der Waals surface area contributed by atoms with Crippen LogP contribution in [0.5, 0.6) is 0 Å². The summed E-state index contributed by atoms with van der Waals surface area (Å²) in [6.45, 7) is 6.20. The number of anilines is 1. The average Bonchev–Trinajstić information content (AvgIpc) is 2.32. The first kappa shape index (κ1) is 17.2. The summed E-state index contributed by atoms with van der Waals surface area (Å²) in [6, 6.07) is 8.03. The van der Waals surface area contributed by atoms with E-state index in [1.54, 1.807) is 0 Å². The van der Waals surface area contributed by atoms with Gasteiger partial charge in [0.25, 0.3) is 0 Å². The first-order chi connectivity index (χ1) is 8.22. The number of halogens is 1. The topological polar surface area (TPSA) is 59.6 Å². The van der Waals surface area contributed by atoms with Crippen molar-refractivity contribution in [3.8, 4) is 0 Å². The summed E-state index contributed by atoms with van der Waals surface area (Å²) >= 11 is 0. The second-order valence-electron chi connectivity index (χ2n) is 3.81. The number of nitrogens with zero attached hydrogens (tertiary/aromatic N) is 1. The SMILES string of the molecule is CCOCCCN=C(N)Nc1ccc(C)cc1.I. The van der Waals surface area contributed by atoms with Gasteiger partial charge in [0.05, 0.1) is 0 Å². The Bertz CT molecular complexity index is 352. The van der Waals surface area contributed by atoms with Crippen LogP contribution in [0.15, 0.2) is 29.3 Å². The molecule has 0 saturated carbocycles. The summed E-state index contributed by atoms with van der Waals surface area (Å²) in [5.74, 6) is 0.449. The Morgan fingerprint density at radius 1 is 1.33 bits per heavy atom. The molecule has 1 aromatic rings. The molecule has 18 heavy (non-hydrogen) atoms. The standard InChI is InChI=1S/C13H21N3O.HI/c1-3-17-10-4-9-15-13(14)16-12-7-5-11(2)6-8-12;/h5-8H,3-4,9-10H2,1-2H3,(H3,14,15,16);1H.